The number of sulfone groups is 1. The van der Waals surface area contributed by atoms with Gasteiger partial charge in [0.2, 0.25) is 0 Å². The highest BCUT2D eigenvalue weighted by Gasteiger charge is 2.26. The number of hydrogen-bond acceptors (Lipinski definition) is 6. The van der Waals surface area contributed by atoms with Gasteiger partial charge in [0.15, 0.2) is 9.84 Å². The predicted molar refractivity (Wildman–Crippen MR) is 141 cm³/mol. The van der Waals surface area contributed by atoms with E-state index in [1.807, 2.05) is 17.2 Å². The summed E-state index contributed by atoms with van der Waals surface area (Å²) >= 11 is 6.19. The van der Waals surface area contributed by atoms with E-state index in [0.717, 1.165) is 36.2 Å². The molecule has 1 fully saturated rings. The molecule has 9 heteroatoms. The number of likely N-dealkylation sites (tertiary alicyclic amines) is 1. The first-order valence-corrected chi connectivity index (χ1v) is 14.0. The zero-order valence-electron chi connectivity index (χ0n) is 20.6. The number of pyridine rings is 1. The third kappa shape index (κ3) is 6.06. The lowest BCUT2D eigenvalue weighted by atomic mass is 10.0. The fraction of sp³-hybridized carbons (Fsp3) is 0.333. The molecule has 36 heavy (non-hydrogen) atoms. The van der Waals surface area contributed by atoms with Crippen LogP contribution in [0.1, 0.15) is 28.8 Å². The largest absolute Gasteiger partial charge is 0.495 e. The van der Waals surface area contributed by atoms with Crippen molar-refractivity contribution in [2.45, 2.75) is 30.3 Å². The number of methoxy groups -OCH3 is 1. The Kier molecular flexibility index (Phi) is 7.97. The molecule has 7 nitrogen and oxygen atoms in total. The Morgan fingerprint density at radius 2 is 1.81 bits per heavy atom. The lowest BCUT2D eigenvalue weighted by Gasteiger charge is -2.37. The Bertz CT molecular complexity index is 1320. The molecule has 4 rings (SSSR count). The minimum absolute atomic E-state index is 0.00925. The van der Waals surface area contributed by atoms with Crippen LogP contribution in [-0.4, -0.2) is 68.7 Å². The summed E-state index contributed by atoms with van der Waals surface area (Å²) in [5, 5.41) is 0.434. The van der Waals surface area contributed by atoms with E-state index in [9.17, 15) is 13.2 Å². The molecule has 1 amide bonds. The van der Waals surface area contributed by atoms with Crippen molar-refractivity contribution >= 4 is 27.3 Å². The summed E-state index contributed by atoms with van der Waals surface area (Å²) in [6, 6.07) is 16.3. The van der Waals surface area contributed by atoms with E-state index in [1.54, 1.807) is 49.6 Å². The van der Waals surface area contributed by atoms with Gasteiger partial charge >= 0.3 is 0 Å². The molecule has 2 heterocycles. The standard InChI is InChI=1S/C27H30ClN3O4S/c1-30(18-19-4-10-25(29-17-19)20-5-8-23(9-6-20)36(3,33)34)22-12-14-31(15-13-22)27(32)21-7-11-26(35-2)24(28)16-21/h4-11,16-17,22H,12-15,18H2,1-3H3. The van der Waals surface area contributed by atoms with Gasteiger partial charge in [-0.25, -0.2) is 8.42 Å². The number of benzene rings is 2. The molecule has 1 aliphatic heterocycles. The monoisotopic (exact) mass is 527 g/mol. The molecule has 0 N–H and O–H groups in total. The molecule has 0 spiro atoms. The summed E-state index contributed by atoms with van der Waals surface area (Å²) in [6.45, 7) is 2.14. The zero-order valence-corrected chi connectivity index (χ0v) is 22.2. The second kappa shape index (κ2) is 11.0. The van der Waals surface area contributed by atoms with Crippen molar-refractivity contribution < 1.29 is 17.9 Å². The van der Waals surface area contributed by atoms with Crippen LogP contribution in [0.2, 0.25) is 5.02 Å². The highest BCUT2D eigenvalue weighted by molar-refractivity contribution is 7.90. The van der Waals surface area contributed by atoms with E-state index in [2.05, 4.69) is 23.0 Å². The minimum Gasteiger partial charge on any atom is -0.495 e. The van der Waals surface area contributed by atoms with Crippen molar-refractivity contribution in [3.8, 4) is 17.0 Å². The van der Waals surface area contributed by atoms with E-state index in [1.165, 1.54) is 6.26 Å². The average Bonchev–Trinajstić information content (AvgIpc) is 2.88. The van der Waals surface area contributed by atoms with Gasteiger partial charge in [0.1, 0.15) is 5.75 Å². The molecule has 1 saturated heterocycles. The van der Waals surface area contributed by atoms with Gasteiger partial charge in [-0.05, 0) is 61.9 Å². The van der Waals surface area contributed by atoms with E-state index in [4.69, 9.17) is 16.3 Å². The van der Waals surface area contributed by atoms with Crippen LogP contribution in [0.3, 0.4) is 0 Å². The molecule has 0 radical (unpaired) electrons. The third-order valence-corrected chi connectivity index (χ3v) is 8.03. The van der Waals surface area contributed by atoms with Gasteiger partial charge in [0.05, 0.1) is 22.7 Å². The van der Waals surface area contributed by atoms with Crippen LogP contribution in [0.25, 0.3) is 11.3 Å². The molecule has 0 bridgehead atoms. The number of carbonyl (C=O) groups is 1. The Labute approximate surface area is 217 Å². The van der Waals surface area contributed by atoms with Crippen LogP contribution in [0, 0.1) is 0 Å². The van der Waals surface area contributed by atoms with Gasteiger partial charge in [0, 0.05) is 49.3 Å². The minimum atomic E-state index is -3.22. The number of carbonyl (C=O) groups excluding carboxylic acids is 1. The van der Waals surface area contributed by atoms with Crippen molar-refractivity contribution in [3.63, 3.8) is 0 Å². The van der Waals surface area contributed by atoms with Gasteiger partial charge in [-0.3, -0.25) is 14.7 Å². The first-order chi connectivity index (χ1) is 17.2. The summed E-state index contributed by atoms with van der Waals surface area (Å²) < 4.78 is 28.5. The predicted octanol–water partition coefficient (Wildman–Crippen LogP) is 4.55. The second-order valence-electron chi connectivity index (χ2n) is 9.14. The van der Waals surface area contributed by atoms with Crippen molar-refractivity contribution in [1.82, 2.24) is 14.8 Å². The molecule has 1 aliphatic rings. The van der Waals surface area contributed by atoms with E-state index in [-0.39, 0.29) is 5.91 Å². The molecule has 0 atom stereocenters. The van der Waals surface area contributed by atoms with Crippen LogP contribution in [0.4, 0.5) is 0 Å². The molecule has 1 aromatic heterocycles. The number of piperidine rings is 1. The lowest BCUT2D eigenvalue weighted by molar-refractivity contribution is 0.0639. The third-order valence-electron chi connectivity index (χ3n) is 6.61. The highest BCUT2D eigenvalue weighted by Crippen LogP contribution is 2.27. The molecular weight excluding hydrogens is 498 g/mol. The number of ether oxygens (including phenoxy) is 1. The zero-order chi connectivity index (χ0) is 25.9. The van der Waals surface area contributed by atoms with E-state index >= 15 is 0 Å². The molecule has 0 saturated carbocycles. The van der Waals surface area contributed by atoms with Crippen molar-refractivity contribution in [1.29, 1.82) is 0 Å². The van der Waals surface area contributed by atoms with Crippen molar-refractivity contribution in [3.05, 3.63) is 76.9 Å². The Morgan fingerprint density at radius 3 is 2.36 bits per heavy atom. The normalized spacial score (nSPS) is 14.8. The molecule has 190 valence electrons. The number of nitrogens with zero attached hydrogens (tertiary/aromatic N) is 3. The topological polar surface area (TPSA) is 79.8 Å². The van der Waals surface area contributed by atoms with Crippen LogP contribution in [-0.2, 0) is 16.4 Å². The Balaban J connectivity index is 1.31. The van der Waals surface area contributed by atoms with Gasteiger partial charge in [-0.15, -0.1) is 0 Å². The fourth-order valence-corrected chi connectivity index (χ4v) is 5.36. The number of amides is 1. The Morgan fingerprint density at radius 1 is 1.11 bits per heavy atom. The van der Waals surface area contributed by atoms with Crippen LogP contribution in [0.15, 0.2) is 65.7 Å². The van der Waals surface area contributed by atoms with Gasteiger partial charge in [-0.1, -0.05) is 29.8 Å². The highest BCUT2D eigenvalue weighted by atomic mass is 35.5. The first-order valence-electron chi connectivity index (χ1n) is 11.7. The van der Waals surface area contributed by atoms with Crippen LogP contribution >= 0.6 is 11.6 Å². The second-order valence-corrected chi connectivity index (χ2v) is 11.6. The molecule has 0 aliphatic carbocycles. The quantitative estimate of drug-likeness (QED) is 0.448. The van der Waals surface area contributed by atoms with Gasteiger partial charge in [0.25, 0.3) is 5.91 Å². The number of hydrogen-bond donors (Lipinski definition) is 0. The maximum atomic E-state index is 12.9. The summed E-state index contributed by atoms with van der Waals surface area (Å²) in [5.41, 5.74) is 3.34. The smallest absolute Gasteiger partial charge is 0.253 e. The summed E-state index contributed by atoms with van der Waals surface area (Å²) in [4.78, 5) is 22.0. The van der Waals surface area contributed by atoms with E-state index in [0.29, 0.717) is 40.4 Å². The Hall–Kier alpha value is -2.94. The number of aromatic nitrogens is 1. The molecule has 3 aromatic rings. The van der Waals surface area contributed by atoms with Crippen LogP contribution in [0.5, 0.6) is 5.75 Å². The van der Waals surface area contributed by atoms with Gasteiger partial charge < -0.3 is 9.64 Å². The molecule has 0 unspecified atom stereocenters. The summed E-state index contributed by atoms with van der Waals surface area (Å²) in [7, 11) is 0.434. The van der Waals surface area contributed by atoms with Gasteiger partial charge in [-0.2, -0.15) is 0 Å². The SMILES string of the molecule is COc1ccc(C(=O)N2CCC(N(C)Cc3ccc(-c4ccc(S(C)(=O)=O)cc4)nc3)CC2)cc1Cl. The first kappa shape index (κ1) is 26.1. The van der Waals surface area contributed by atoms with E-state index < -0.39 is 9.84 Å². The summed E-state index contributed by atoms with van der Waals surface area (Å²) in [6.07, 6.45) is 4.85. The molecular formula is C27H30ClN3O4S. The molecule has 2 aromatic carbocycles. The lowest BCUT2D eigenvalue weighted by Crippen LogP contribution is -2.45. The van der Waals surface area contributed by atoms with Crippen molar-refractivity contribution in [2.24, 2.45) is 0 Å². The fourth-order valence-electron chi connectivity index (χ4n) is 4.47. The number of rotatable bonds is 7. The summed E-state index contributed by atoms with van der Waals surface area (Å²) in [5.74, 6) is 0.547. The maximum absolute atomic E-state index is 12.9. The maximum Gasteiger partial charge on any atom is 0.253 e. The van der Waals surface area contributed by atoms with Crippen LogP contribution < -0.4 is 4.74 Å². The number of halogens is 1. The van der Waals surface area contributed by atoms with Crippen molar-refractivity contribution in [2.75, 3.05) is 33.5 Å². The average molecular weight is 528 g/mol.